The first-order valence-electron chi connectivity index (χ1n) is 3.97. The van der Waals surface area contributed by atoms with Gasteiger partial charge in [0.05, 0.1) is 3.72 Å². The summed E-state index contributed by atoms with van der Waals surface area (Å²) in [7, 11) is 1.75. The summed E-state index contributed by atoms with van der Waals surface area (Å²) in [5.74, 6) is 0. The van der Waals surface area contributed by atoms with E-state index >= 15 is 0 Å². The molecular weight excluding hydrogens is 307 g/mol. The van der Waals surface area contributed by atoms with E-state index in [4.69, 9.17) is 16.2 Å². The number of nitriles is 1. The van der Waals surface area contributed by atoms with E-state index in [2.05, 4.69) is 15.7 Å². The van der Waals surface area contributed by atoms with Gasteiger partial charge < -0.3 is 10.6 Å². The molecule has 0 aliphatic heterocycles. The van der Waals surface area contributed by atoms with Crippen LogP contribution in [0.2, 0.25) is 0 Å². The monoisotopic (exact) mass is 318 g/mol. The lowest BCUT2D eigenvalue weighted by Gasteiger charge is -2.04. The second-order valence-electron chi connectivity index (χ2n) is 2.41. The van der Waals surface area contributed by atoms with Crippen molar-refractivity contribution in [2.75, 3.05) is 13.6 Å². The Balaban J connectivity index is 4.31. The molecule has 0 amide bonds. The molecule has 0 saturated heterocycles. The average Bonchev–Trinajstić information content (AvgIpc) is 2.22. The van der Waals surface area contributed by atoms with Crippen LogP contribution < -0.4 is 10.6 Å². The summed E-state index contributed by atoms with van der Waals surface area (Å²) in [6, 6.07) is 1.74. The summed E-state index contributed by atoms with van der Waals surface area (Å²) < 4.78 is 0.407. The number of rotatable bonds is 6. The van der Waals surface area contributed by atoms with Gasteiger partial charge in [0.1, 0.15) is 6.07 Å². The third kappa shape index (κ3) is 5.79. The molecule has 15 heavy (non-hydrogen) atoms. The summed E-state index contributed by atoms with van der Waals surface area (Å²) in [6.45, 7) is 0.406. The van der Waals surface area contributed by atoms with E-state index < -0.39 is 0 Å². The third-order valence-corrected chi connectivity index (χ3v) is 2.06. The van der Waals surface area contributed by atoms with Gasteiger partial charge in [-0.1, -0.05) is 0 Å². The van der Waals surface area contributed by atoms with E-state index in [-0.39, 0.29) is 5.70 Å². The van der Waals surface area contributed by atoms with Gasteiger partial charge in [-0.2, -0.15) is 5.26 Å². The lowest BCUT2D eigenvalue weighted by molar-refractivity contribution is 0.927. The molecule has 4 N–H and O–H groups in total. The van der Waals surface area contributed by atoms with Crippen LogP contribution in [-0.4, -0.2) is 17.3 Å². The van der Waals surface area contributed by atoms with Crippen LogP contribution in [0, 0.1) is 22.3 Å². The van der Waals surface area contributed by atoms with E-state index in [9.17, 15) is 0 Å². The quantitative estimate of drug-likeness (QED) is 0.258. The van der Waals surface area contributed by atoms with Gasteiger partial charge in [-0.05, 0) is 22.6 Å². The summed E-state index contributed by atoms with van der Waals surface area (Å²) in [6.07, 6.45) is 3.04. The van der Waals surface area contributed by atoms with Gasteiger partial charge in [0, 0.05) is 31.6 Å². The number of hydrogen-bond donors (Lipinski definition) is 4. The van der Waals surface area contributed by atoms with Crippen molar-refractivity contribution in [1.82, 2.24) is 10.6 Å². The Kier molecular flexibility index (Phi) is 7.17. The van der Waals surface area contributed by atoms with Crippen LogP contribution in [0.3, 0.4) is 0 Å². The maximum absolute atomic E-state index is 8.46. The fourth-order valence-corrected chi connectivity index (χ4v) is 1.06. The SMILES string of the molecule is CN/C=C(/CN/C=C(/C#N)N=N)C(=N)I. The lowest BCUT2D eigenvalue weighted by atomic mass is 10.3. The van der Waals surface area contributed by atoms with Crippen molar-refractivity contribution in [3.63, 3.8) is 0 Å². The Labute approximate surface area is 102 Å². The van der Waals surface area contributed by atoms with Gasteiger partial charge in [0.15, 0.2) is 5.70 Å². The Morgan fingerprint density at radius 1 is 1.60 bits per heavy atom. The maximum Gasteiger partial charge on any atom is 0.177 e. The highest BCUT2D eigenvalue weighted by molar-refractivity contribution is 14.1. The number of hydrogen-bond acceptors (Lipinski definition) is 6. The molecule has 0 bridgehead atoms. The molecular formula is C8H11IN6. The first-order valence-corrected chi connectivity index (χ1v) is 5.05. The average molecular weight is 318 g/mol. The summed E-state index contributed by atoms with van der Waals surface area (Å²) in [4.78, 5) is 0. The Bertz CT molecular complexity index is 338. The van der Waals surface area contributed by atoms with Crippen LogP contribution in [0.15, 0.2) is 28.8 Å². The van der Waals surface area contributed by atoms with E-state index in [1.165, 1.54) is 6.20 Å². The molecule has 0 unspecified atom stereocenters. The molecule has 0 rings (SSSR count). The molecule has 7 heteroatoms. The standard InChI is InChI=1S/C8H11IN6/c1-13-3-6(8(9)11)4-14-5-7(2-10)15-12/h3,5,11-14H,4H2,1H3/b6-3-,7-5-,11-8?,15-12?. The first-order chi connectivity index (χ1) is 7.15. The topological polar surface area (TPSA) is 108 Å². The largest absolute Gasteiger partial charge is 0.394 e. The molecule has 80 valence electrons. The summed E-state index contributed by atoms with van der Waals surface area (Å²) in [5.41, 5.74) is 7.39. The first kappa shape index (κ1) is 13.6. The van der Waals surface area contributed by atoms with E-state index in [0.29, 0.717) is 10.3 Å². The minimum atomic E-state index is -0.00111. The Morgan fingerprint density at radius 2 is 2.27 bits per heavy atom. The van der Waals surface area contributed by atoms with Crippen molar-refractivity contribution in [3.05, 3.63) is 23.7 Å². The molecule has 0 radical (unpaired) electrons. The molecule has 0 saturated carbocycles. The molecule has 0 atom stereocenters. The zero-order valence-electron chi connectivity index (χ0n) is 8.13. The van der Waals surface area contributed by atoms with Crippen LogP contribution in [-0.2, 0) is 0 Å². The van der Waals surface area contributed by atoms with Crippen molar-refractivity contribution < 1.29 is 0 Å². The van der Waals surface area contributed by atoms with E-state index in [0.717, 1.165) is 5.57 Å². The molecule has 0 aromatic carbocycles. The highest BCUT2D eigenvalue weighted by Crippen LogP contribution is 2.01. The minimum absolute atomic E-state index is 0.00111. The molecule has 0 aromatic heterocycles. The van der Waals surface area contributed by atoms with Crippen LogP contribution in [0.25, 0.3) is 0 Å². The van der Waals surface area contributed by atoms with Crippen molar-refractivity contribution in [2.45, 2.75) is 0 Å². The second kappa shape index (κ2) is 7.93. The number of nitrogens with zero attached hydrogens (tertiary/aromatic N) is 2. The molecule has 0 aliphatic rings. The Morgan fingerprint density at radius 3 is 2.67 bits per heavy atom. The van der Waals surface area contributed by atoms with E-state index in [1.807, 2.05) is 22.6 Å². The fraction of sp³-hybridized carbons (Fsp3) is 0.250. The number of nitrogens with one attached hydrogen (secondary N) is 4. The van der Waals surface area contributed by atoms with Crippen LogP contribution in [0.1, 0.15) is 0 Å². The minimum Gasteiger partial charge on any atom is -0.394 e. The molecule has 0 aliphatic carbocycles. The van der Waals surface area contributed by atoms with Gasteiger partial charge in [-0.25, -0.2) is 5.53 Å². The highest BCUT2D eigenvalue weighted by atomic mass is 127. The van der Waals surface area contributed by atoms with Gasteiger partial charge in [0.25, 0.3) is 0 Å². The van der Waals surface area contributed by atoms with Crippen LogP contribution >= 0.6 is 22.6 Å². The van der Waals surface area contributed by atoms with Crippen molar-refractivity contribution in [3.8, 4) is 6.07 Å². The van der Waals surface area contributed by atoms with Crippen LogP contribution in [0.4, 0.5) is 0 Å². The van der Waals surface area contributed by atoms with Gasteiger partial charge in [-0.15, -0.1) is 5.11 Å². The molecule has 6 nitrogen and oxygen atoms in total. The third-order valence-electron chi connectivity index (χ3n) is 1.37. The Hall–Kier alpha value is -1.43. The molecule has 0 aromatic rings. The highest BCUT2D eigenvalue weighted by Gasteiger charge is 1.99. The van der Waals surface area contributed by atoms with Gasteiger partial charge in [-0.3, -0.25) is 5.41 Å². The van der Waals surface area contributed by atoms with Crippen molar-refractivity contribution in [2.24, 2.45) is 5.11 Å². The normalized spacial score (nSPS) is 11.5. The lowest BCUT2D eigenvalue weighted by Crippen LogP contribution is -2.15. The number of halogens is 1. The molecule has 0 spiro atoms. The summed E-state index contributed by atoms with van der Waals surface area (Å²) in [5, 5.41) is 24.5. The fourth-order valence-electron chi connectivity index (χ4n) is 0.713. The van der Waals surface area contributed by atoms with Gasteiger partial charge >= 0.3 is 0 Å². The second-order valence-corrected chi connectivity index (χ2v) is 3.49. The zero-order valence-corrected chi connectivity index (χ0v) is 10.3. The molecule has 0 fully saturated rings. The molecule has 0 heterocycles. The zero-order chi connectivity index (χ0) is 11.7. The predicted octanol–water partition coefficient (Wildman–Crippen LogP) is 1.49. The summed E-state index contributed by atoms with van der Waals surface area (Å²) >= 11 is 1.89. The predicted molar refractivity (Wildman–Crippen MR) is 65.7 cm³/mol. The van der Waals surface area contributed by atoms with Crippen LogP contribution in [0.5, 0.6) is 0 Å². The van der Waals surface area contributed by atoms with Crippen molar-refractivity contribution >= 4 is 26.3 Å². The maximum atomic E-state index is 8.46. The van der Waals surface area contributed by atoms with Gasteiger partial charge in [0.2, 0.25) is 0 Å². The van der Waals surface area contributed by atoms with E-state index in [1.54, 1.807) is 19.3 Å². The smallest absolute Gasteiger partial charge is 0.177 e. The number of allylic oxidation sites excluding steroid dienone is 1. The van der Waals surface area contributed by atoms with Crippen molar-refractivity contribution in [1.29, 1.82) is 16.2 Å².